The van der Waals surface area contributed by atoms with Gasteiger partial charge in [-0.2, -0.15) is 0 Å². The maximum Gasteiger partial charge on any atom is 0.306 e. The SMILES string of the molecule is CCCNC1COCC1C(=O)NCCC(C)C(=O)O. The van der Waals surface area contributed by atoms with Gasteiger partial charge in [0, 0.05) is 12.6 Å². The van der Waals surface area contributed by atoms with Crippen LogP contribution in [-0.2, 0) is 14.3 Å². The van der Waals surface area contributed by atoms with Gasteiger partial charge >= 0.3 is 5.97 Å². The maximum absolute atomic E-state index is 12.0. The maximum atomic E-state index is 12.0. The van der Waals surface area contributed by atoms with Crippen LogP contribution >= 0.6 is 0 Å². The van der Waals surface area contributed by atoms with Gasteiger partial charge in [0.15, 0.2) is 0 Å². The second-order valence-electron chi connectivity index (χ2n) is 5.02. The first-order chi connectivity index (χ1) is 9.06. The first-order valence-electron chi connectivity index (χ1n) is 6.87. The zero-order chi connectivity index (χ0) is 14.3. The quantitative estimate of drug-likeness (QED) is 0.588. The van der Waals surface area contributed by atoms with Crippen LogP contribution < -0.4 is 10.6 Å². The van der Waals surface area contributed by atoms with Crippen molar-refractivity contribution in [3.8, 4) is 0 Å². The molecule has 1 fully saturated rings. The zero-order valence-corrected chi connectivity index (χ0v) is 11.6. The molecule has 19 heavy (non-hydrogen) atoms. The lowest BCUT2D eigenvalue weighted by atomic mass is 10.0. The Bertz CT molecular complexity index is 309. The third-order valence-corrected chi connectivity index (χ3v) is 3.37. The molecular formula is C13H24N2O4. The molecule has 110 valence electrons. The van der Waals surface area contributed by atoms with Crippen molar-refractivity contribution >= 4 is 11.9 Å². The highest BCUT2D eigenvalue weighted by Crippen LogP contribution is 2.14. The first-order valence-corrected chi connectivity index (χ1v) is 6.87. The number of aliphatic carboxylic acids is 1. The van der Waals surface area contributed by atoms with Crippen LogP contribution in [0.1, 0.15) is 26.7 Å². The van der Waals surface area contributed by atoms with Gasteiger partial charge in [-0.25, -0.2) is 0 Å². The molecule has 1 aliphatic heterocycles. The van der Waals surface area contributed by atoms with E-state index in [0.29, 0.717) is 26.2 Å². The lowest BCUT2D eigenvalue weighted by molar-refractivity contribution is -0.141. The van der Waals surface area contributed by atoms with Crippen LogP contribution in [0.5, 0.6) is 0 Å². The summed E-state index contributed by atoms with van der Waals surface area (Å²) in [6.45, 7) is 5.96. The molecule has 1 rings (SSSR count). The summed E-state index contributed by atoms with van der Waals surface area (Å²) < 4.78 is 5.34. The lowest BCUT2D eigenvalue weighted by Crippen LogP contribution is -2.44. The van der Waals surface area contributed by atoms with Crippen molar-refractivity contribution in [2.75, 3.05) is 26.3 Å². The largest absolute Gasteiger partial charge is 0.481 e. The van der Waals surface area contributed by atoms with E-state index in [0.717, 1.165) is 13.0 Å². The van der Waals surface area contributed by atoms with Crippen molar-refractivity contribution in [3.63, 3.8) is 0 Å². The van der Waals surface area contributed by atoms with E-state index >= 15 is 0 Å². The number of amides is 1. The zero-order valence-electron chi connectivity index (χ0n) is 11.6. The highest BCUT2D eigenvalue weighted by Gasteiger charge is 2.33. The number of hydrogen-bond acceptors (Lipinski definition) is 4. The highest BCUT2D eigenvalue weighted by atomic mass is 16.5. The van der Waals surface area contributed by atoms with Crippen molar-refractivity contribution in [1.82, 2.24) is 10.6 Å². The van der Waals surface area contributed by atoms with Crippen molar-refractivity contribution < 1.29 is 19.4 Å². The Hall–Kier alpha value is -1.14. The molecule has 0 radical (unpaired) electrons. The summed E-state index contributed by atoms with van der Waals surface area (Å²) in [4.78, 5) is 22.7. The third kappa shape index (κ3) is 5.16. The normalized spacial score (nSPS) is 24.1. The van der Waals surface area contributed by atoms with Crippen LogP contribution in [0.4, 0.5) is 0 Å². The Morgan fingerprint density at radius 2 is 2.11 bits per heavy atom. The molecule has 0 aromatic carbocycles. The second-order valence-corrected chi connectivity index (χ2v) is 5.02. The number of nitrogens with one attached hydrogen (secondary N) is 2. The summed E-state index contributed by atoms with van der Waals surface area (Å²) in [5, 5.41) is 14.8. The number of carboxylic acids is 1. The van der Waals surface area contributed by atoms with Crippen LogP contribution in [0.15, 0.2) is 0 Å². The van der Waals surface area contributed by atoms with E-state index in [1.54, 1.807) is 6.92 Å². The van der Waals surface area contributed by atoms with Crippen molar-refractivity contribution in [2.45, 2.75) is 32.7 Å². The van der Waals surface area contributed by atoms with E-state index < -0.39 is 11.9 Å². The van der Waals surface area contributed by atoms with E-state index in [1.807, 2.05) is 0 Å². The van der Waals surface area contributed by atoms with Crippen molar-refractivity contribution in [1.29, 1.82) is 0 Å². The summed E-state index contributed by atoms with van der Waals surface area (Å²) in [6.07, 6.45) is 1.46. The van der Waals surface area contributed by atoms with E-state index in [4.69, 9.17) is 9.84 Å². The standard InChI is InChI=1S/C13H24N2O4/c1-3-5-14-11-8-19-7-10(11)12(16)15-6-4-9(2)13(17)18/h9-11,14H,3-8H2,1-2H3,(H,15,16)(H,17,18). The fourth-order valence-corrected chi connectivity index (χ4v) is 2.01. The van der Waals surface area contributed by atoms with E-state index in [-0.39, 0.29) is 17.9 Å². The number of hydrogen-bond donors (Lipinski definition) is 3. The van der Waals surface area contributed by atoms with Crippen LogP contribution in [0.2, 0.25) is 0 Å². The van der Waals surface area contributed by atoms with Crippen molar-refractivity contribution in [2.24, 2.45) is 11.8 Å². The van der Waals surface area contributed by atoms with Crippen LogP contribution in [0.25, 0.3) is 0 Å². The minimum atomic E-state index is -0.832. The van der Waals surface area contributed by atoms with Gasteiger partial charge < -0.3 is 20.5 Å². The van der Waals surface area contributed by atoms with E-state index in [2.05, 4.69) is 17.6 Å². The molecule has 3 N–H and O–H groups in total. The second kappa shape index (κ2) is 8.12. The van der Waals surface area contributed by atoms with Gasteiger partial charge in [0.05, 0.1) is 25.0 Å². The fourth-order valence-electron chi connectivity index (χ4n) is 2.01. The molecule has 3 unspecified atom stereocenters. The topological polar surface area (TPSA) is 87.7 Å². The van der Waals surface area contributed by atoms with Gasteiger partial charge in [0.1, 0.15) is 0 Å². The van der Waals surface area contributed by atoms with Gasteiger partial charge in [0.25, 0.3) is 0 Å². The summed E-state index contributed by atoms with van der Waals surface area (Å²) >= 11 is 0. The van der Waals surface area contributed by atoms with Gasteiger partial charge in [-0.1, -0.05) is 13.8 Å². The molecule has 0 saturated carbocycles. The monoisotopic (exact) mass is 272 g/mol. The van der Waals surface area contributed by atoms with Crippen LogP contribution in [0, 0.1) is 11.8 Å². The molecule has 6 heteroatoms. The Morgan fingerprint density at radius 1 is 1.37 bits per heavy atom. The van der Waals surface area contributed by atoms with Crippen molar-refractivity contribution in [3.05, 3.63) is 0 Å². The minimum Gasteiger partial charge on any atom is -0.481 e. The number of carboxylic acid groups (broad SMARTS) is 1. The molecule has 6 nitrogen and oxygen atoms in total. The number of carbonyl (C=O) groups excluding carboxylic acids is 1. The molecule has 0 aromatic heterocycles. The Labute approximate surface area is 113 Å². The molecule has 0 bridgehead atoms. The van der Waals surface area contributed by atoms with Gasteiger partial charge in [-0.3, -0.25) is 9.59 Å². The van der Waals surface area contributed by atoms with Gasteiger partial charge in [-0.15, -0.1) is 0 Å². The van der Waals surface area contributed by atoms with Gasteiger partial charge in [-0.05, 0) is 19.4 Å². The summed E-state index contributed by atoms with van der Waals surface area (Å²) in [7, 11) is 0. The molecule has 0 aliphatic carbocycles. The minimum absolute atomic E-state index is 0.0521. The number of carbonyl (C=O) groups is 2. The Morgan fingerprint density at radius 3 is 2.74 bits per heavy atom. The predicted octanol–water partition coefficient (Wildman–Crippen LogP) is 0.228. The molecular weight excluding hydrogens is 248 g/mol. The molecule has 1 aliphatic rings. The first kappa shape index (κ1) is 15.9. The fraction of sp³-hybridized carbons (Fsp3) is 0.846. The highest BCUT2D eigenvalue weighted by molar-refractivity contribution is 5.80. The summed E-state index contributed by atoms with van der Waals surface area (Å²) in [5.74, 6) is -1.49. The number of rotatable bonds is 8. The smallest absolute Gasteiger partial charge is 0.306 e. The average molecular weight is 272 g/mol. The van der Waals surface area contributed by atoms with E-state index in [1.165, 1.54) is 0 Å². The van der Waals surface area contributed by atoms with Crippen LogP contribution in [-0.4, -0.2) is 49.3 Å². The number of ether oxygens (including phenoxy) is 1. The summed E-state index contributed by atoms with van der Waals surface area (Å²) in [5.41, 5.74) is 0. The molecule has 3 atom stereocenters. The predicted molar refractivity (Wildman–Crippen MR) is 70.8 cm³/mol. The van der Waals surface area contributed by atoms with E-state index in [9.17, 15) is 9.59 Å². The molecule has 1 heterocycles. The average Bonchev–Trinajstić information content (AvgIpc) is 2.84. The Balaban J connectivity index is 2.30. The molecule has 0 aromatic rings. The molecule has 0 spiro atoms. The molecule has 1 saturated heterocycles. The third-order valence-electron chi connectivity index (χ3n) is 3.37. The molecule has 1 amide bonds. The lowest BCUT2D eigenvalue weighted by Gasteiger charge is -2.18. The summed E-state index contributed by atoms with van der Waals surface area (Å²) in [6, 6.07) is 0.0665. The Kier molecular flexibility index (Phi) is 6.80. The van der Waals surface area contributed by atoms with Gasteiger partial charge in [0.2, 0.25) is 5.91 Å². The van der Waals surface area contributed by atoms with Crippen LogP contribution in [0.3, 0.4) is 0 Å².